The molecule has 0 saturated heterocycles. The summed E-state index contributed by atoms with van der Waals surface area (Å²) in [5, 5.41) is 9.66. The molecule has 0 bridgehead atoms. The molecule has 4 heteroatoms. The predicted octanol–water partition coefficient (Wildman–Crippen LogP) is 14.5. The summed E-state index contributed by atoms with van der Waals surface area (Å²) in [5.74, 6) is 0. The van der Waals surface area contributed by atoms with Gasteiger partial charge in [0.15, 0.2) is 0 Å². The Labute approximate surface area is 332 Å². The van der Waals surface area contributed by atoms with E-state index in [0.717, 1.165) is 44.5 Å². The molecule has 0 spiro atoms. The van der Waals surface area contributed by atoms with Crippen molar-refractivity contribution in [2.75, 3.05) is 0 Å². The first kappa shape index (κ1) is 31.4. The van der Waals surface area contributed by atoms with E-state index in [1.807, 2.05) is 6.07 Å². The van der Waals surface area contributed by atoms with Gasteiger partial charge in [0.1, 0.15) is 11.2 Å². The molecular formula is C54H33N3O. The maximum Gasteiger partial charge on any atom is 0.137 e. The number of aromatic nitrogens is 3. The molecule has 0 aliphatic carbocycles. The highest BCUT2D eigenvalue weighted by Crippen LogP contribution is 2.43. The molecule has 0 fully saturated rings. The van der Waals surface area contributed by atoms with Crippen molar-refractivity contribution in [2.45, 2.75) is 0 Å². The van der Waals surface area contributed by atoms with E-state index in [9.17, 15) is 0 Å². The normalized spacial score (nSPS) is 12.1. The topological polar surface area (TPSA) is 27.9 Å². The molecule has 0 saturated carbocycles. The van der Waals surface area contributed by atoms with Crippen LogP contribution in [0.4, 0.5) is 0 Å². The van der Waals surface area contributed by atoms with Crippen LogP contribution in [0.25, 0.3) is 116 Å². The number of fused-ring (bicyclic) bond motifs is 12. The van der Waals surface area contributed by atoms with E-state index in [1.54, 1.807) is 0 Å². The Morgan fingerprint density at radius 1 is 0.241 bits per heavy atom. The number of furan rings is 1. The first-order chi connectivity index (χ1) is 28.8. The lowest BCUT2D eigenvalue weighted by Gasteiger charge is -2.10. The summed E-state index contributed by atoms with van der Waals surface area (Å²) in [5.41, 5.74) is 14.7. The molecule has 0 unspecified atom stereocenters. The van der Waals surface area contributed by atoms with Gasteiger partial charge >= 0.3 is 0 Å². The SMILES string of the molecule is c1ccc(-n2c3ccc(-c4ccc5c(c4)c4cc6c7ccccc7n(-c7ccccc7)c6cc4n5-c4ccccc4)cc3c3cc4c(cc32)oc2ccccc24)cc1. The van der Waals surface area contributed by atoms with Crippen molar-refractivity contribution < 1.29 is 4.42 Å². The Balaban J connectivity index is 1.08. The van der Waals surface area contributed by atoms with E-state index in [0.29, 0.717) is 0 Å². The molecule has 0 amide bonds. The van der Waals surface area contributed by atoms with Crippen molar-refractivity contribution >= 4 is 87.4 Å². The highest BCUT2D eigenvalue weighted by molar-refractivity contribution is 6.21. The van der Waals surface area contributed by atoms with Crippen molar-refractivity contribution in [1.82, 2.24) is 13.7 Å². The van der Waals surface area contributed by atoms with Crippen molar-refractivity contribution in [3.05, 3.63) is 200 Å². The third kappa shape index (κ3) is 4.40. The van der Waals surface area contributed by atoms with Gasteiger partial charge in [0.05, 0.1) is 33.1 Å². The Hall–Kier alpha value is -7.82. The van der Waals surface area contributed by atoms with Crippen LogP contribution in [0.1, 0.15) is 0 Å². The van der Waals surface area contributed by atoms with E-state index in [1.165, 1.54) is 71.0 Å². The van der Waals surface area contributed by atoms with Crippen molar-refractivity contribution in [1.29, 1.82) is 0 Å². The molecule has 4 heterocycles. The van der Waals surface area contributed by atoms with Gasteiger partial charge in [-0.25, -0.2) is 0 Å². The largest absolute Gasteiger partial charge is 0.456 e. The van der Waals surface area contributed by atoms with Crippen LogP contribution in [0.15, 0.2) is 205 Å². The predicted molar refractivity (Wildman–Crippen MR) is 242 cm³/mol. The summed E-state index contributed by atoms with van der Waals surface area (Å²) in [6.45, 7) is 0. The quantitative estimate of drug-likeness (QED) is 0.177. The fourth-order valence-corrected chi connectivity index (χ4v) is 9.64. The lowest BCUT2D eigenvalue weighted by Crippen LogP contribution is -1.95. The molecular weight excluding hydrogens is 707 g/mol. The van der Waals surface area contributed by atoms with Crippen LogP contribution >= 0.6 is 0 Å². The molecule has 0 atom stereocenters. The van der Waals surface area contributed by atoms with Gasteiger partial charge in [-0.1, -0.05) is 103 Å². The van der Waals surface area contributed by atoms with Crippen LogP contribution in [0.3, 0.4) is 0 Å². The minimum Gasteiger partial charge on any atom is -0.456 e. The van der Waals surface area contributed by atoms with E-state index in [2.05, 4.69) is 208 Å². The number of nitrogens with zero attached hydrogens (tertiary/aromatic N) is 3. The maximum atomic E-state index is 6.41. The first-order valence-electron chi connectivity index (χ1n) is 19.8. The number of rotatable bonds is 4. The number of para-hydroxylation sites is 5. The fraction of sp³-hybridized carbons (Fsp3) is 0. The smallest absolute Gasteiger partial charge is 0.137 e. The number of benzene rings is 9. The zero-order chi connectivity index (χ0) is 37.9. The van der Waals surface area contributed by atoms with Gasteiger partial charge in [-0.05, 0) is 102 Å². The van der Waals surface area contributed by atoms with E-state index < -0.39 is 0 Å². The average molecular weight is 740 g/mol. The molecule has 58 heavy (non-hydrogen) atoms. The zero-order valence-electron chi connectivity index (χ0n) is 31.3. The van der Waals surface area contributed by atoms with Gasteiger partial charge in [0.25, 0.3) is 0 Å². The van der Waals surface area contributed by atoms with Crippen LogP contribution in [-0.2, 0) is 0 Å². The van der Waals surface area contributed by atoms with Gasteiger partial charge in [0.2, 0.25) is 0 Å². The standard InChI is InChI=1S/C54H33N3O/c1-4-14-36(15-5-1)55-47-22-12-10-20-39(47)43-30-44-41-28-34(24-26-48(41)56(51(44)32-50(43)55)37-16-6-2-7-17-37)35-25-27-49-42(29-35)45-31-46-40-21-11-13-23-53(40)58-54(46)33-52(45)57(49)38-18-8-3-9-19-38/h1-33H. The van der Waals surface area contributed by atoms with Crippen molar-refractivity contribution in [3.63, 3.8) is 0 Å². The third-order valence-corrected chi connectivity index (χ3v) is 12.2. The minimum atomic E-state index is 0.898. The number of hydrogen-bond acceptors (Lipinski definition) is 1. The third-order valence-electron chi connectivity index (χ3n) is 12.2. The van der Waals surface area contributed by atoms with Gasteiger partial charge in [0, 0.05) is 66.2 Å². The molecule has 13 aromatic rings. The molecule has 0 aliphatic rings. The highest BCUT2D eigenvalue weighted by atomic mass is 16.3. The van der Waals surface area contributed by atoms with Crippen LogP contribution in [0, 0.1) is 0 Å². The molecule has 4 aromatic heterocycles. The fourth-order valence-electron chi connectivity index (χ4n) is 9.64. The summed E-state index contributed by atoms with van der Waals surface area (Å²) in [7, 11) is 0. The molecule has 0 N–H and O–H groups in total. The second-order valence-electron chi connectivity index (χ2n) is 15.3. The Morgan fingerprint density at radius 2 is 0.655 bits per heavy atom. The molecule has 0 aliphatic heterocycles. The summed E-state index contributed by atoms with van der Waals surface area (Å²) in [4.78, 5) is 0. The summed E-state index contributed by atoms with van der Waals surface area (Å²) >= 11 is 0. The van der Waals surface area contributed by atoms with Crippen molar-refractivity contribution in [3.8, 4) is 28.2 Å². The summed E-state index contributed by atoms with van der Waals surface area (Å²) in [6.07, 6.45) is 0. The van der Waals surface area contributed by atoms with Gasteiger partial charge in [-0.3, -0.25) is 0 Å². The molecule has 13 rings (SSSR count). The Kier molecular flexibility index (Phi) is 6.41. The van der Waals surface area contributed by atoms with E-state index >= 15 is 0 Å². The van der Waals surface area contributed by atoms with E-state index in [-0.39, 0.29) is 0 Å². The van der Waals surface area contributed by atoms with Crippen LogP contribution in [0.2, 0.25) is 0 Å². The van der Waals surface area contributed by atoms with E-state index in [4.69, 9.17) is 4.42 Å². The minimum absolute atomic E-state index is 0.898. The zero-order valence-corrected chi connectivity index (χ0v) is 31.3. The van der Waals surface area contributed by atoms with Crippen LogP contribution in [0.5, 0.6) is 0 Å². The van der Waals surface area contributed by atoms with Gasteiger partial charge in [-0.15, -0.1) is 0 Å². The second-order valence-corrected chi connectivity index (χ2v) is 15.3. The number of hydrogen-bond donors (Lipinski definition) is 0. The summed E-state index contributed by atoms with van der Waals surface area (Å²) < 4.78 is 13.6. The Bertz CT molecular complexity index is 3770. The van der Waals surface area contributed by atoms with Gasteiger partial charge in [-0.2, -0.15) is 0 Å². The Morgan fingerprint density at radius 3 is 1.22 bits per heavy atom. The van der Waals surface area contributed by atoms with Gasteiger partial charge < -0.3 is 18.1 Å². The maximum absolute atomic E-state index is 6.41. The second kappa shape index (κ2) is 11.8. The van der Waals surface area contributed by atoms with Crippen LogP contribution in [-0.4, -0.2) is 13.7 Å². The molecule has 9 aromatic carbocycles. The lowest BCUT2D eigenvalue weighted by atomic mass is 10.00. The van der Waals surface area contributed by atoms with Crippen molar-refractivity contribution in [2.24, 2.45) is 0 Å². The monoisotopic (exact) mass is 739 g/mol. The molecule has 4 nitrogen and oxygen atoms in total. The average Bonchev–Trinajstić information content (AvgIpc) is 4.01. The highest BCUT2D eigenvalue weighted by Gasteiger charge is 2.21. The summed E-state index contributed by atoms with van der Waals surface area (Å²) in [6, 6.07) is 72.6. The first-order valence-corrected chi connectivity index (χ1v) is 19.8. The van der Waals surface area contributed by atoms with Crippen LogP contribution < -0.4 is 0 Å². The lowest BCUT2D eigenvalue weighted by molar-refractivity contribution is 0.669. The molecule has 270 valence electrons. The molecule has 0 radical (unpaired) electrons.